The average molecular weight is 681 g/mol. The molecule has 0 radical (unpaired) electrons. The normalized spacial score (nSPS) is 14.0. The van der Waals surface area contributed by atoms with Crippen LogP contribution in [0.4, 0.5) is 5.69 Å². The van der Waals surface area contributed by atoms with Crippen LogP contribution in [0.3, 0.4) is 0 Å². The molecule has 0 saturated heterocycles. The SMILES string of the molecule is CC(C(=O)NC1CCCC1)N(Cc1ccc(Cl)c(Cl)c1)C(=O)CN(c1ccc(Oc2ccccc2)cc1)S(=O)(=O)c1ccccc1. The predicted octanol–water partition coefficient (Wildman–Crippen LogP) is 7.46. The van der Waals surface area contributed by atoms with Crippen LogP contribution in [0.25, 0.3) is 0 Å². The molecule has 8 nitrogen and oxygen atoms in total. The summed E-state index contributed by atoms with van der Waals surface area (Å²) in [6.07, 6.45) is 3.83. The number of carbonyl (C=O) groups is 2. The van der Waals surface area contributed by atoms with Crippen LogP contribution in [0.15, 0.2) is 108 Å². The first kappa shape index (κ1) is 33.3. The molecule has 1 saturated carbocycles. The lowest BCUT2D eigenvalue weighted by Gasteiger charge is -2.32. The highest BCUT2D eigenvalue weighted by Crippen LogP contribution is 2.29. The van der Waals surface area contributed by atoms with Crippen LogP contribution in [0, 0.1) is 0 Å². The number of rotatable bonds is 12. The second-order valence-corrected chi connectivity index (χ2v) is 13.8. The van der Waals surface area contributed by atoms with Crippen LogP contribution >= 0.6 is 23.2 Å². The number of hydrogen-bond acceptors (Lipinski definition) is 5. The van der Waals surface area contributed by atoms with Gasteiger partial charge in [0, 0.05) is 12.6 Å². The Labute approximate surface area is 279 Å². The molecule has 0 bridgehead atoms. The zero-order valence-corrected chi connectivity index (χ0v) is 27.6. The first-order chi connectivity index (χ1) is 22.1. The molecule has 0 heterocycles. The fraction of sp³-hybridized carbons (Fsp3) is 0.257. The third-order valence-electron chi connectivity index (χ3n) is 7.92. The zero-order chi connectivity index (χ0) is 32.7. The summed E-state index contributed by atoms with van der Waals surface area (Å²) in [4.78, 5) is 29.0. The summed E-state index contributed by atoms with van der Waals surface area (Å²) >= 11 is 12.4. The zero-order valence-electron chi connectivity index (χ0n) is 25.3. The van der Waals surface area contributed by atoms with Crippen molar-refractivity contribution < 1.29 is 22.7 Å². The largest absolute Gasteiger partial charge is 0.457 e. The van der Waals surface area contributed by atoms with E-state index in [2.05, 4.69) is 5.32 Å². The molecule has 2 amide bonds. The molecular formula is C35H35Cl2N3O5S. The Morgan fingerprint density at radius 3 is 2.09 bits per heavy atom. The number of halogens is 2. The summed E-state index contributed by atoms with van der Waals surface area (Å²) < 4.78 is 35.1. The van der Waals surface area contributed by atoms with Gasteiger partial charge in [-0.05, 0) is 86.0 Å². The quantitative estimate of drug-likeness (QED) is 0.168. The fourth-order valence-corrected chi connectivity index (χ4v) is 7.12. The van der Waals surface area contributed by atoms with E-state index in [9.17, 15) is 18.0 Å². The van der Waals surface area contributed by atoms with Gasteiger partial charge < -0.3 is 15.0 Å². The van der Waals surface area contributed by atoms with E-state index in [1.165, 1.54) is 17.0 Å². The molecule has 1 fully saturated rings. The molecule has 1 aliphatic rings. The van der Waals surface area contributed by atoms with Crippen molar-refractivity contribution in [3.63, 3.8) is 0 Å². The predicted molar refractivity (Wildman–Crippen MR) is 181 cm³/mol. The summed E-state index contributed by atoms with van der Waals surface area (Å²) in [6.45, 7) is 1.10. The Morgan fingerprint density at radius 1 is 0.848 bits per heavy atom. The van der Waals surface area contributed by atoms with Crippen LogP contribution in [0.2, 0.25) is 10.0 Å². The highest BCUT2D eigenvalue weighted by atomic mass is 35.5. The summed E-state index contributed by atoms with van der Waals surface area (Å²) in [5, 5.41) is 3.72. The maximum Gasteiger partial charge on any atom is 0.264 e. The van der Waals surface area contributed by atoms with Crippen molar-refractivity contribution in [2.75, 3.05) is 10.8 Å². The molecule has 4 aromatic rings. The Morgan fingerprint density at radius 2 is 1.46 bits per heavy atom. The van der Waals surface area contributed by atoms with Gasteiger partial charge in [0.25, 0.3) is 10.0 Å². The fourth-order valence-electron chi connectivity index (χ4n) is 5.36. The summed E-state index contributed by atoms with van der Waals surface area (Å²) in [5.74, 6) is 0.253. The minimum atomic E-state index is -4.20. The van der Waals surface area contributed by atoms with Gasteiger partial charge in [0.15, 0.2) is 0 Å². The van der Waals surface area contributed by atoms with Crippen molar-refractivity contribution in [2.24, 2.45) is 0 Å². The molecular weight excluding hydrogens is 645 g/mol. The van der Waals surface area contributed by atoms with E-state index in [1.807, 2.05) is 30.3 Å². The molecule has 1 atom stereocenters. The summed E-state index contributed by atoms with van der Waals surface area (Å²) in [5.41, 5.74) is 0.901. The smallest absolute Gasteiger partial charge is 0.264 e. The number of ether oxygens (including phenoxy) is 1. The average Bonchev–Trinajstić information content (AvgIpc) is 3.58. The first-order valence-electron chi connectivity index (χ1n) is 15.1. The van der Waals surface area contributed by atoms with Crippen molar-refractivity contribution >= 4 is 50.7 Å². The molecule has 240 valence electrons. The highest BCUT2D eigenvalue weighted by Gasteiger charge is 2.33. The summed E-state index contributed by atoms with van der Waals surface area (Å²) in [7, 11) is -4.20. The van der Waals surface area contributed by atoms with E-state index in [-0.39, 0.29) is 29.1 Å². The Bertz CT molecular complexity index is 1750. The van der Waals surface area contributed by atoms with E-state index < -0.39 is 28.5 Å². The van der Waals surface area contributed by atoms with Gasteiger partial charge in [-0.2, -0.15) is 0 Å². The molecule has 5 rings (SSSR count). The van der Waals surface area contributed by atoms with Gasteiger partial charge in [-0.15, -0.1) is 0 Å². The standard InChI is InChI=1S/C35H35Cl2N3O5S/c1-25(35(42)38-27-10-8-9-11-27)39(23-26-16-21-32(36)33(37)22-26)34(41)24-40(46(43,44)31-14-6-3-7-15-31)28-17-19-30(20-18-28)45-29-12-4-2-5-13-29/h2-7,12-22,25,27H,8-11,23-24H2,1H3,(H,38,42). The lowest BCUT2D eigenvalue weighted by atomic mass is 10.1. The van der Waals surface area contributed by atoms with E-state index >= 15 is 0 Å². The lowest BCUT2D eigenvalue weighted by Crippen LogP contribution is -2.52. The second kappa shape index (κ2) is 15.0. The molecule has 46 heavy (non-hydrogen) atoms. The van der Waals surface area contributed by atoms with Gasteiger partial charge in [0.2, 0.25) is 11.8 Å². The number of anilines is 1. The van der Waals surface area contributed by atoms with E-state index in [0.29, 0.717) is 27.1 Å². The second-order valence-electron chi connectivity index (χ2n) is 11.2. The number of hydrogen-bond donors (Lipinski definition) is 1. The molecule has 1 unspecified atom stereocenters. The lowest BCUT2D eigenvalue weighted by molar-refractivity contribution is -0.139. The Balaban J connectivity index is 1.47. The number of carbonyl (C=O) groups excluding carboxylic acids is 2. The monoisotopic (exact) mass is 679 g/mol. The highest BCUT2D eigenvalue weighted by molar-refractivity contribution is 7.92. The topological polar surface area (TPSA) is 96.0 Å². The number of benzene rings is 4. The molecule has 0 aliphatic heterocycles. The van der Waals surface area contributed by atoms with E-state index in [0.717, 1.165) is 30.0 Å². The molecule has 11 heteroatoms. The molecule has 0 spiro atoms. The first-order valence-corrected chi connectivity index (χ1v) is 17.3. The van der Waals surface area contributed by atoms with Crippen LogP contribution in [0.1, 0.15) is 38.2 Å². The Hall–Kier alpha value is -4.05. The maximum atomic E-state index is 14.2. The van der Waals surface area contributed by atoms with Crippen molar-refractivity contribution in [3.05, 3.63) is 119 Å². The van der Waals surface area contributed by atoms with E-state index in [4.69, 9.17) is 27.9 Å². The van der Waals surface area contributed by atoms with Gasteiger partial charge in [-0.1, -0.05) is 78.5 Å². The van der Waals surface area contributed by atoms with Gasteiger partial charge in [-0.25, -0.2) is 8.42 Å². The minimum Gasteiger partial charge on any atom is -0.457 e. The summed E-state index contributed by atoms with van der Waals surface area (Å²) in [6, 6.07) is 27.7. The number of sulfonamides is 1. The van der Waals surface area contributed by atoms with Crippen molar-refractivity contribution in [2.45, 2.75) is 56.1 Å². The minimum absolute atomic E-state index is 0.0120. The van der Waals surface area contributed by atoms with Crippen LogP contribution < -0.4 is 14.4 Å². The number of nitrogens with zero attached hydrogens (tertiary/aromatic N) is 2. The number of nitrogens with one attached hydrogen (secondary N) is 1. The van der Waals surface area contributed by atoms with Crippen LogP contribution in [-0.2, 0) is 26.2 Å². The van der Waals surface area contributed by atoms with Crippen molar-refractivity contribution in [1.82, 2.24) is 10.2 Å². The number of amides is 2. The van der Waals surface area contributed by atoms with E-state index in [1.54, 1.807) is 67.6 Å². The van der Waals surface area contributed by atoms with Crippen molar-refractivity contribution in [1.29, 1.82) is 0 Å². The maximum absolute atomic E-state index is 14.2. The molecule has 0 aromatic heterocycles. The van der Waals surface area contributed by atoms with Gasteiger partial charge in [0.05, 0.1) is 20.6 Å². The Kier molecular flexibility index (Phi) is 10.9. The number of para-hydroxylation sites is 1. The molecule has 1 aliphatic carbocycles. The van der Waals surface area contributed by atoms with Gasteiger partial charge >= 0.3 is 0 Å². The third-order valence-corrected chi connectivity index (χ3v) is 10.4. The van der Waals surface area contributed by atoms with Crippen molar-refractivity contribution in [3.8, 4) is 11.5 Å². The van der Waals surface area contributed by atoms with Gasteiger partial charge in [-0.3, -0.25) is 13.9 Å². The molecule has 4 aromatic carbocycles. The van der Waals surface area contributed by atoms with Crippen LogP contribution in [-0.4, -0.2) is 43.8 Å². The molecule has 1 N–H and O–H groups in total. The third kappa shape index (κ3) is 8.20. The van der Waals surface area contributed by atoms with Gasteiger partial charge in [0.1, 0.15) is 24.1 Å². The van der Waals surface area contributed by atoms with Crippen LogP contribution in [0.5, 0.6) is 11.5 Å².